The number of nitrogens with one attached hydrogen (secondary N) is 1. The van der Waals surface area contributed by atoms with Crippen molar-refractivity contribution in [2.45, 2.75) is 51.0 Å². The molecule has 19 heavy (non-hydrogen) atoms. The Morgan fingerprint density at radius 3 is 2.47 bits per heavy atom. The molecule has 2 N–H and O–H groups in total. The van der Waals surface area contributed by atoms with E-state index in [-0.39, 0.29) is 5.25 Å². The van der Waals surface area contributed by atoms with Gasteiger partial charge in [-0.05, 0) is 39.9 Å². The van der Waals surface area contributed by atoms with Crippen LogP contribution in [-0.2, 0) is 9.53 Å². The predicted molar refractivity (Wildman–Crippen MR) is 77.5 cm³/mol. The molecule has 1 amide bonds. The molecule has 0 saturated heterocycles. The van der Waals surface area contributed by atoms with Crippen LogP contribution in [0.5, 0.6) is 0 Å². The number of carbonyl (C=O) groups is 2. The molecule has 5 nitrogen and oxygen atoms in total. The highest BCUT2D eigenvalue weighted by Crippen LogP contribution is 2.14. The molecule has 0 aliphatic carbocycles. The molecular formula is C13H23NO4S. The molecule has 6 heteroatoms. The molecule has 110 valence electrons. The highest BCUT2D eigenvalue weighted by molar-refractivity contribution is 8.00. The molecule has 0 aliphatic rings. The minimum atomic E-state index is -1.06. The number of hydrogen-bond acceptors (Lipinski definition) is 4. The summed E-state index contributed by atoms with van der Waals surface area (Å²) in [7, 11) is 0. The number of aliphatic carboxylic acids is 1. The van der Waals surface area contributed by atoms with Gasteiger partial charge in [0.05, 0.1) is 0 Å². The molecule has 0 saturated carbocycles. The molecule has 0 aromatic rings. The van der Waals surface area contributed by atoms with Gasteiger partial charge in [-0.3, -0.25) is 0 Å². The molecule has 0 heterocycles. The van der Waals surface area contributed by atoms with Gasteiger partial charge < -0.3 is 15.2 Å². The zero-order valence-corrected chi connectivity index (χ0v) is 12.8. The third-order valence-corrected chi connectivity index (χ3v) is 3.30. The summed E-state index contributed by atoms with van der Waals surface area (Å²) >= 11 is 1.59. The SMILES string of the molecule is C=CC(C)SCCC(NC(=O)OC(C)(C)C)C(=O)O. The summed E-state index contributed by atoms with van der Waals surface area (Å²) < 4.78 is 5.03. The van der Waals surface area contributed by atoms with Gasteiger partial charge in [0.2, 0.25) is 0 Å². The van der Waals surface area contributed by atoms with Gasteiger partial charge in [-0.1, -0.05) is 6.08 Å². The van der Waals surface area contributed by atoms with Crippen molar-refractivity contribution in [3.63, 3.8) is 0 Å². The number of alkyl carbamates (subject to hydrolysis) is 1. The fraction of sp³-hybridized carbons (Fsp3) is 0.692. The van der Waals surface area contributed by atoms with Crippen LogP contribution in [0.4, 0.5) is 4.79 Å². The van der Waals surface area contributed by atoms with Crippen LogP contribution in [0, 0.1) is 0 Å². The summed E-state index contributed by atoms with van der Waals surface area (Å²) in [5.74, 6) is -0.433. The third-order valence-electron chi connectivity index (χ3n) is 2.11. The first-order chi connectivity index (χ1) is 8.65. The van der Waals surface area contributed by atoms with Crippen molar-refractivity contribution in [1.29, 1.82) is 0 Å². The quantitative estimate of drug-likeness (QED) is 0.705. The van der Waals surface area contributed by atoms with Crippen LogP contribution in [0.3, 0.4) is 0 Å². The van der Waals surface area contributed by atoms with Crippen molar-refractivity contribution >= 4 is 23.8 Å². The van der Waals surface area contributed by atoms with Crippen LogP contribution in [0.2, 0.25) is 0 Å². The van der Waals surface area contributed by atoms with E-state index >= 15 is 0 Å². The third kappa shape index (κ3) is 9.41. The summed E-state index contributed by atoms with van der Waals surface area (Å²) in [6.07, 6.45) is 1.43. The molecule has 0 bridgehead atoms. The van der Waals surface area contributed by atoms with E-state index in [9.17, 15) is 9.59 Å². The van der Waals surface area contributed by atoms with E-state index < -0.39 is 23.7 Å². The van der Waals surface area contributed by atoms with E-state index in [0.717, 1.165) is 0 Å². The lowest BCUT2D eigenvalue weighted by Gasteiger charge is -2.22. The van der Waals surface area contributed by atoms with Crippen LogP contribution < -0.4 is 5.32 Å². The Labute approximate surface area is 118 Å². The normalized spacial score (nSPS) is 14.3. The number of carbonyl (C=O) groups excluding carboxylic acids is 1. The summed E-state index contributed by atoms with van der Waals surface area (Å²) in [6, 6.07) is -0.931. The standard InChI is InChI=1S/C13H23NO4S/c1-6-9(2)19-8-7-10(11(15)16)14-12(17)18-13(3,4)5/h6,9-10H,1,7-8H2,2-5H3,(H,14,17)(H,15,16). The monoisotopic (exact) mass is 289 g/mol. The van der Waals surface area contributed by atoms with Crippen molar-refractivity contribution in [2.75, 3.05) is 5.75 Å². The smallest absolute Gasteiger partial charge is 0.408 e. The Morgan fingerprint density at radius 2 is 2.05 bits per heavy atom. The molecule has 0 aromatic heterocycles. The van der Waals surface area contributed by atoms with Crippen molar-refractivity contribution in [3.8, 4) is 0 Å². The number of carboxylic acids is 1. The molecule has 0 radical (unpaired) electrons. The van der Waals surface area contributed by atoms with Gasteiger partial charge in [0, 0.05) is 5.25 Å². The van der Waals surface area contributed by atoms with Gasteiger partial charge in [0.25, 0.3) is 0 Å². The summed E-state index contributed by atoms with van der Waals surface area (Å²) in [6.45, 7) is 10.8. The Hall–Kier alpha value is -1.17. The minimum Gasteiger partial charge on any atom is -0.480 e. The number of thioether (sulfide) groups is 1. The summed E-state index contributed by atoms with van der Waals surface area (Å²) in [4.78, 5) is 22.6. The zero-order chi connectivity index (χ0) is 15.1. The van der Waals surface area contributed by atoms with E-state index in [2.05, 4.69) is 11.9 Å². The first kappa shape index (κ1) is 17.8. The molecule has 0 spiro atoms. The lowest BCUT2D eigenvalue weighted by molar-refractivity contribution is -0.139. The van der Waals surface area contributed by atoms with E-state index in [1.165, 1.54) is 0 Å². The number of ether oxygens (including phenoxy) is 1. The lowest BCUT2D eigenvalue weighted by Crippen LogP contribution is -2.43. The highest BCUT2D eigenvalue weighted by atomic mass is 32.2. The summed E-state index contributed by atoms with van der Waals surface area (Å²) in [5.41, 5.74) is -0.640. The second-order valence-electron chi connectivity index (χ2n) is 5.14. The Kier molecular flexibility index (Phi) is 7.59. The van der Waals surface area contributed by atoms with Crippen LogP contribution in [0.25, 0.3) is 0 Å². The first-order valence-corrected chi connectivity index (χ1v) is 7.17. The van der Waals surface area contributed by atoms with E-state index in [0.29, 0.717) is 12.2 Å². The lowest BCUT2D eigenvalue weighted by atomic mass is 10.2. The maximum Gasteiger partial charge on any atom is 0.408 e. The number of carboxylic acid groups (broad SMARTS) is 1. The Balaban J connectivity index is 4.23. The van der Waals surface area contributed by atoms with E-state index in [1.54, 1.807) is 38.6 Å². The van der Waals surface area contributed by atoms with Crippen LogP contribution in [0.15, 0.2) is 12.7 Å². The van der Waals surface area contributed by atoms with E-state index in [1.807, 2.05) is 6.92 Å². The van der Waals surface area contributed by atoms with Gasteiger partial charge in [-0.2, -0.15) is 11.8 Å². The maximum absolute atomic E-state index is 11.5. The molecule has 0 rings (SSSR count). The van der Waals surface area contributed by atoms with Crippen LogP contribution in [-0.4, -0.2) is 39.8 Å². The average Bonchev–Trinajstić information content (AvgIpc) is 2.24. The topological polar surface area (TPSA) is 75.6 Å². The molecule has 2 unspecified atom stereocenters. The molecule has 0 aliphatic heterocycles. The van der Waals surface area contributed by atoms with Gasteiger partial charge in [-0.15, -0.1) is 6.58 Å². The van der Waals surface area contributed by atoms with Gasteiger partial charge in [-0.25, -0.2) is 9.59 Å². The Morgan fingerprint density at radius 1 is 1.47 bits per heavy atom. The van der Waals surface area contributed by atoms with Gasteiger partial charge in [0.15, 0.2) is 0 Å². The molecular weight excluding hydrogens is 266 g/mol. The summed E-state index contributed by atoms with van der Waals surface area (Å²) in [5, 5.41) is 11.7. The molecule has 2 atom stereocenters. The van der Waals surface area contributed by atoms with E-state index in [4.69, 9.17) is 9.84 Å². The van der Waals surface area contributed by atoms with Crippen LogP contribution in [0.1, 0.15) is 34.1 Å². The number of rotatable bonds is 7. The highest BCUT2D eigenvalue weighted by Gasteiger charge is 2.23. The minimum absolute atomic E-state index is 0.260. The zero-order valence-electron chi connectivity index (χ0n) is 11.9. The first-order valence-electron chi connectivity index (χ1n) is 6.12. The van der Waals surface area contributed by atoms with Crippen LogP contribution >= 0.6 is 11.8 Å². The molecule has 0 aromatic carbocycles. The number of amides is 1. The predicted octanol–water partition coefficient (Wildman–Crippen LogP) is 2.66. The van der Waals surface area contributed by atoms with Crippen molar-refractivity contribution in [2.24, 2.45) is 0 Å². The van der Waals surface area contributed by atoms with Gasteiger partial charge >= 0.3 is 12.1 Å². The average molecular weight is 289 g/mol. The largest absolute Gasteiger partial charge is 0.480 e. The maximum atomic E-state index is 11.5. The number of hydrogen-bond donors (Lipinski definition) is 2. The Bertz CT molecular complexity index is 325. The second-order valence-corrected chi connectivity index (χ2v) is 6.62. The fourth-order valence-electron chi connectivity index (χ4n) is 1.15. The van der Waals surface area contributed by atoms with Crippen molar-refractivity contribution < 1.29 is 19.4 Å². The van der Waals surface area contributed by atoms with Crippen molar-refractivity contribution in [3.05, 3.63) is 12.7 Å². The second kappa shape index (κ2) is 8.09. The fourth-order valence-corrected chi connectivity index (χ4v) is 2.03. The van der Waals surface area contributed by atoms with Gasteiger partial charge in [0.1, 0.15) is 11.6 Å². The molecule has 0 fully saturated rings. The van der Waals surface area contributed by atoms with Crippen molar-refractivity contribution in [1.82, 2.24) is 5.32 Å².